The molecule has 0 N–H and O–H groups in total. The molecule has 1 saturated heterocycles. The third kappa shape index (κ3) is 5.67. The van der Waals surface area contributed by atoms with Crippen LogP contribution in [0, 0.1) is 19.8 Å². The van der Waals surface area contributed by atoms with Crippen molar-refractivity contribution in [2.75, 3.05) is 39.9 Å². The Morgan fingerprint density at radius 3 is 2.93 bits per heavy atom. The lowest BCUT2D eigenvalue weighted by Gasteiger charge is -2.27. The van der Waals surface area contributed by atoms with E-state index in [1.165, 1.54) is 0 Å². The summed E-state index contributed by atoms with van der Waals surface area (Å²) >= 11 is 0. The van der Waals surface area contributed by atoms with E-state index in [1.54, 1.807) is 0 Å². The van der Waals surface area contributed by atoms with Gasteiger partial charge in [0, 0.05) is 56.5 Å². The van der Waals surface area contributed by atoms with Crippen LogP contribution >= 0.6 is 0 Å². The fraction of sp³-hybridized carbons (Fsp3) is 0.667. The van der Waals surface area contributed by atoms with Crippen LogP contribution in [0.4, 0.5) is 0 Å². The number of hydrogen-bond acceptors (Lipinski definition) is 6. The zero-order valence-electron chi connectivity index (χ0n) is 18.1. The summed E-state index contributed by atoms with van der Waals surface area (Å²) < 4.78 is 13.2. The second-order valence-corrected chi connectivity index (χ2v) is 7.91. The minimum atomic E-state index is 0.171. The van der Waals surface area contributed by atoms with Crippen LogP contribution in [0.15, 0.2) is 16.9 Å². The zero-order valence-corrected chi connectivity index (χ0v) is 18.1. The average molecular weight is 404 g/mol. The molecule has 0 aliphatic carbocycles. The van der Waals surface area contributed by atoms with E-state index in [-0.39, 0.29) is 11.8 Å². The minimum absolute atomic E-state index is 0.171. The van der Waals surface area contributed by atoms with Crippen LogP contribution in [0.3, 0.4) is 0 Å². The molecule has 0 spiro atoms. The molecular formula is C21H33N5O3. The first-order valence-electron chi connectivity index (χ1n) is 10.4. The number of aromatic nitrogens is 3. The van der Waals surface area contributed by atoms with Gasteiger partial charge in [0.1, 0.15) is 11.6 Å². The van der Waals surface area contributed by atoms with E-state index >= 15 is 0 Å². The Morgan fingerprint density at radius 1 is 1.38 bits per heavy atom. The predicted octanol–water partition coefficient (Wildman–Crippen LogP) is 2.05. The number of amides is 1. The number of hydrogen-bond donors (Lipinski definition) is 0. The highest BCUT2D eigenvalue weighted by Gasteiger charge is 2.24. The van der Waals surface area contributed by atoms with E-state index in [2.05, 4.69) is 33.6 Å². The Labute approximate surface area is 172 Å². The van der Waals surface area contributed by atoms with E-state index in [0.717, 1.165) is 49.0 Å². The first-order chi connectivity index (χ1) is 14.0. The lowest BCUT2D eigenvalue weighted by Crippen LogP contribution is -2.39. The summed E-state index contributed by atoms with van der Waals surface area (Å²) in [4.78, 5) is 21.5. The Morgan fingerprint density at radius 2 is 2.21 bits per heavy atom. The van der Waals surface area contributed by atoms with Crippen molar-refractivity contribution in [3.8, 4) is 0 Å². The van der Waals surface area contributed by atoms with Crippen molar-refractivity contribution in [2.24, 2.45) is 5.92 Å². The van der Waals surface area contributed by atoms with Gasteiger partial charge in [0.2, 0.25) is 5.91 Å². The van der Waals surface area contributed by atoms with Crippen molar-refractivity contribution in [3.05, 3.63) is 35.2 Å². The van der Waals surface area contributed by atoms with Gasteiger partial charge in [0.25, 0.3) is 0 Å². The number of nitrogens with zero attached hydrogens (tertiary/aromatic N) is 5. The number of rotatable bonds is 8. The van der Waals surface area contributed by atoms with Gasteiger partial charge in [-0.1, -0.05) is 5.16 Å². The van der Waals surface area contributed by atoms with Gasteiger partial charge >= 0.3 is 0 Å². The van der Waals surface area contributed by atoms with Crippen molar-refractivity contribution in [3.63, 3.8) is 0 Å². The number of aryl methyl sites for hydroxylation is 3. The van der Waals surface area contributed by atoms with Crippen LogP contribution < -0.4 is 0 Å². The fourth-order valence-electron chi connectivity index (χ4n) is 3.99. The summed E-state index contributed by atoms with van der Waals surface area (Å²) in [7, 11) is 2.10. The maximum Gasteiger partial charge on any atom is 0.222 e. The van der Waals surface area contributed by atoms with Crippen molar-refractivity contribution in [1.29, 1.82) is 0 Å². The molecule has 2 aromatic heterocycles. The molecule has 0 bridgehead atoms. The van der Waals surface area contributed by atoms with Gasteiger partial charge in [-0.25, -0.2) is 4.98 Å². The van der Waals surface area contributed by atoms with Gasteiger partial charge in [-0.2, -0.15) is 0 Å². The molecule has 1 fully saturated rings. The van der Waals surface area contributed by atoms with Crippen LogP contribution in [-0.2, 0) is 29.0 Å². The Kier molecular flexibility index (Phi) is 7.44. The molecule has 1 unspecified atom stereocenters. The largest absolute Gasteiger partial charge is 0.379 e. The predicted molar refractivity (Wildman–Crippen MR) is 109 cm³/mol. The van der Waals surface area contributed by atoms with E-state index in [9.17, 15) is 4.79 Å². The molecule has 160 valence electrons. The number of imidazole rings is 1. The number of ether oxygens (including phenoxy) is 1. The standard InChI is InChI=1S/C21H33N5O3/c1-5-25-9-8-22-20(25)14-24(4)12-18-13-26(10-11-28-15-18)21(27)7-6-19-16(2)23-29-17(19)3/h8-9,18H,5-7,10-15H2,1-4H3. The first-order valence-corrected chi connectivity index (χ1v) is 10.4. The SMILES string of the molecule is CCn1ccnc1CN(C)CC1COCCN(C(=O)CCc2c(C)noc2C)C1. The molecule has 1 aliphatic heterocycles. The summed E-state index contributed by atoms with van der Waals surface area (Å²) in [5, 5.41) is 3.98. The van der Waals surface area contributed by atoms with Crippen LogP contribution in [-0.4, -0.2) is 70.3 Å². The highest BCUT2D eigenvalue weighted by Crippen LogP contribution is 2.16. The van der Waals surface area contributed by atoms with Crippen LogP contribution in [0.25, 0.3) is 0 Å². The van der Waals surface area contributed by atoms with Crippen LogP contribution in [0.2, 0.25) is 0 Å². The number of carbonyl (C=O) groups excluding carboxylic acids is 1. The second kappa shape index (κ2) is 10.0. The van der Waals surface area contributed by atoms with E-state index in [1.807, 2.05) is 31.1 Å². The molecule has 1 atom stereocenters. The molecule has 8 nitrogen and oxygen atoms in total. The molecule has 0 radical (unpaired) electrons. The highest BCUT2D eigenvalue weighted by atomic mass is 16.5. The average Bonchev–Trinajstić information content (AvgIpc) is 3.18. The third-order valence-corrected chi connectivity index (χ3v) is 5.58. The van der Waals surface area contributed by atoms with Gasteiger partial charge in [-0.3, -0.25) is 9.69 Å². The summed E-state index contributed by atoms with van der Waals surface area (Å²) in [5.74, 6) is 2.33. The molecule has 8 heteroatoms. The normalized spacial score (nSPS) is 17.7. The van der Waals surface area contributed by atoms with Gasteiger partial charge < -0.3 is 18.7 Å². The van der Waals surface area contributed by atoms with E-state index < -0.39 is 0 Å². The maximum absolute atomic E-state index is 12.8. The van der Waals surface area contributed by atoms with Gasteiger partial charge in [-0.05, 0) is 34.2 Å². The van der Waals surface area contributed by atoms with E-state index in [0.29, 0.717) is 32.6 Å². The molecule has 1 amide bonds. The van der Waals surface area contributed by atoms with Gasteiger partial charge in [0.15, 0.2) is 0 Å². The Bertz CT molecular complexity index is 781. The van der Waals surface area contributed by atoms with Crippen molar-refractivity contribution in [1.82, 2.24) is 24.5 Å². The van der Waals surface area contributed by atoms with Crippen molar-refractivity contribution < 1.29 is 14.1 Å². The minimum Gasteiger partial charge on any atom is -0.379 e. The monoisotopic (exact) mass is 403 g/mol. The number of carbonyl (C=O) groups is 1. The van der Waals surface area contributed by atoms with Crippen LogP contribution in [0.5, 0.6) is 0 Å². The maximum atomic E-state index is 12.8. The Balaban J connectivity index is 1.52. The molecule has 3 heterocycles. The topological polar surface area (TPSA) is 76.6 Å². The van der Waals surface area contributed by atoms with E-state index in [4.69, 9.17) is 9.26 Å². The van der Waals surface area contributed by atoms with Gasteiger partial charge in [-0.15, -0.1) is 0 Å². The highest BCUT2D eigenvalue weighted by molar-refractivity contribution is 5.76. The lowest BCUT2D eigenvalue weighted by atomic mass is 10.1. The van der Waals surface area contributed by atoms with Crippen LogP contribution in [0.1, 0.15) is 36.2 Å². The Hall–Kier alpha value is -2.19. The quantitative estimate of drug-likeness (QED) is 0.671. The lowest BCUT2D eigenvalue weighted by molar-refractivity contribution is -0.131. The summed E-state index contributed by atoms with van der Waals surface area (Å²) in [5.41, 5.74) is 1.92. The van der Waals surface area contributed by atoms with Crippen molar-refractivity contribution >= 4 is 5.91 Å². The van der Waals surface area contributed by atoms with Crippen molar-refractivity contribution in [2.45, 2.75) is 46.7 Å². The second-order valence-electron chi connectivity index (χ2n) is 7.91. The van der Waals surface area contributed by atoms with Gasteiger partial charge in [0.05, 0.1) is 25.5 Å². The molecule has 3 rings (SSSR count). The first kappa shape index (κ1) is 21.5. The molecular weight excluding hydrogens is 370 g/mol. The molecule has 0 saturated carbocycles. The zero-order chi connectivity index (χ0) is 20.8. The molecule has 2 aromatic rings. The smallest absolute Gasteiger partial charge is 0.222 e. The summed E-state index contributed by atoms with van der Waals surface area (Å²) in [6.45, 7) is 11.2. The fourth-order valence-corrected chi connectivity index (χ4v) is 3.99. The third-order valence-electron chi connectivity index (χ3n) is 5.58. The molecule has 1 aliphatic rings. The summed E-state index contributed by atoms with van der Waals surface area (Å²) in [6, 6.07) is 0. The molecule has 0 aromatic carbocycles. The molecule has 29 heavy (non-hydrogen) atoms. The summed E-state index contributed by atoms with van der Waals surface area (Å²) in [6.07, 6.45) is 5.00.